The number of nitrogens with zero attached hydrogens (tertiary/aromatic N) is 2. The van der Waals surface area contributed by atoms with E-state index < -0.39 is 0 Å². The van der Waals surface area contributed by atoms with E-state index in [1.165, 1.54) is 0 Å². The van der Waals surface area contributed by atoms with E-state index in [2.05, 4.69) is 15.6 Å². The van der Waals surface area contributed by atoms with E-state index in [0.29, 0.717) is 34.4 Å². The molecule has 3 aromatic rings. The molecule has 0 radical (unpaired) electrons. The van der Waals surface area contributed by atoms with E-state index in [4.69, 9.17) is 33.3 Å². The highest BCUT2D eigenvalue weighted by molar-refractivity contribution is 7.71. The number of ether oxygens (including phenoxy) is 2. The third-order valence-corrected chi connectivity index (χ3v) is 4.91. The van der Waals surface area contributed by atoms with Crippen molar-refractivity contribution >= 4 is 35.2 Å². The van der Waals surface area contributed by atoms with Gasteiger partial charge >= 0.3 is 0 Å². The minimum atomic E-state index is 0.453. The fraction of sp³-hybridized carbons (Fsp3) is 0.250. The average molecular weight is 397 g/mol. The zero-order valence-electron chi connectivity index (χ0n) is 13.7. The van der Waals surface area contributed by atoms with E-state index in [1.807, 2.05) is 36.6 Å². The van der Waals surface area contributed by atoms with Gasteiger partial charge < -0.3 is 14.9 Å². The number of aromatic amines is 1. The Balaban J connectivity index is 1.75. The molecule has 0 saturated carbocycles. The summed E-state index contributed by atoms with van der Waals surface area (Å²) in [6.45, 7) is 2.82. The standard InChI is InChI=1S/C16H17ClN4O2S2/c1-10-19-20-16(24)21(10)18-8-11-6-13(17)15(14(7-11)22-2)23-9-12-4-3-5-25-12/h3-7,18H,8-9H2,1-2H3,(H,20,24). The van der Waals surface area contributed by atoms with Gasteiger partial charge in [0.15, 0.2) is 11.5 Å². The van der Waals surface area contributed by atoms with Crippen molar-refractivity contribution in [3.05, 3.63) is 55.7 Å². The van der Waals surface area contributed by atoms with Gasteiger partial charge in [0.1, 0.15) is 12.4 Å². The number of nitrogens with one attached hydrogen (secondary N) is 2. The molecule has 0 fully saturated rings. The van der Waals surface area contributed by atoms with Crippen LogP contribution >= 0.6 is 35.2 Å². The minimum absolute atomic E-state index is 0.453. The molecule has 0 unspecified atom stereocenters. The van der Waals surface area contributed by atoms with Crippen LogP contribution in [0.1, 0.15) is 16.3 Å². The number of aryl methyl sites for hydroxylation is 1. The Morgan fingerprint density at radius 1 is 1.44 bits per heavy atom. The largest absolute Gasteiger partial charge is 0.493 e. The predicted octanol–water partition coefficient (Wildman–Crippen LogP) is 4.30. The number of halogens is 1. The Morgan fingerprint density at radius 3 is 2.92 bits per heavy atom. The molecule has 25 heavy (non-hydrogen) atoms. The van der Waals surface area contributed by atoms with Crippen LogP contribution in [0.3, 0.4) is 0 Å². The average Bonchev–Trinajstić information content (AvgIpc) is 3.22. The predicted molar refractivity (Wildman–Crippen MR) is 102 cm³/mol. The minimum Gasteiger partial charge on any atom is -0.493 e. The highest BCUT2D eigenvalue weighted by Gasteiger charge is 2.13. The van der Waals surface area contributed by atoms with Crippen molar-refractivity contribution in [3.63, 3.8) is 0 Å². The summed E-state index contributed by atoms with van der Waals surface area (Å²) < 4.78 is 13.5. The van der Waals surface area contributed by atoms with Crippen LogP contribution in [0.15, 0.2) is 29.6 Å². The summed E-state index contributed by atoms with van der Waals surface area (Å²) in [6.07, 6.45) is 0. The summed E-state index contributed by atoms with van der Waals surface area (Å²) in [6, 6.07) is 7.74. The molecule has 0 aliphatic carbocycles. The van der Waals surface area contributed by atoms with Crippen molar-refractivity contribution in [2.75, 3.05) is 12.5 Å². The van der Waals surface area contributed by atoms with Crippen molar-refractivity contribution < 1.29 is 9.47 Å². The fourth-order valence-corrected chi connectivity index (χ4v) is 3.43. The van der Waals surface area contributed by atoms with Crippen molar-refractivity contribution in [1.82, 2.24) is 14.9 Å². The Morgan fingerprint density at radius 2 is 2.28 bits per heavy atom. The van der Waals surface area contributed by atoms with E-state index in [-0.39, 0.29) is 0 Å². The number of hydrogen-bond acceptors (Lipinski definition) is 6. The summed E-state index contributed by atoms with van der Waals surface area (Å²) >= 11 is 13.2. The van der Waals surface area contributed by atoms with Crippen LogP contribution in [0.5, 0.6) is 11.5 Å². The highest BCUT2D eigenvalue weighted by Crippen LogP contribution is 2.37. The molecule has 6 nitrogen and oxygen atoms in total. The van der Waals surface area contributed by atoms with E-state index >= 15 is 0 Å². The van der Waals surface area contributed by atoms with Gasteiger partial charge in [0.05, 0.1) is 18.7 Å². The molecule has 1 aromatic carbocycles. The molecule has 0 spiro atoms. The molecule has 2 aromatic heterocycles. The zero-order valence-corrected chi connectivity index (χ0v) is 16.1. The van der Waals surface area contributed by atoms with Gasteiger partial charge in [-0.1, -0.05) is 17.7 Å². The Kier molecular flexibility index (Phi) is 5.62. The fourth-order valence-electron chi connectivity index (χ4n) is 2.29. The summed E-state index contributed by atoms with van der Waals surface area (Å²) in [7, 11) is 1.59. The lowest BCUT2D eigenvalue weighted by Crippen LogP contribution is -2.16. The van der Waals surface area contributed by atoms with Crippen LogP contribution in [0.2, 0.25) is 5.02 Å². The van der Waals surface area contributed by atoms with Gasteiger partial charge in [-0.3, -0.25) is 5.10 Å². The van der Waals surface area contributed by atoms with Crippen molar-refractivity contribution in [3.8, 4) is 11.5 Å². The van der Waals surface area contributed by atoms with Crippen LogP contribution in [-0.2, 0) is 13.2 Å². The van der Waals surface area contributed by atoms with Crippen molar-refractivity contribution in [2.24, 2.45) is 0 Å². The van der Waals surface area contributed by atoms with Gasteiger partial charge in [-0.15, -0.1) is 11.3 Å². The molecule has 9 heteroatoms. The number of aromatic nitrogens is 3. The monoisotopic (exact) mass is 396 g/mol. The number of thiophene rings is 1. The maximum atomic E-state index is 6.40. The SMILES string of the molecule is COc1cc(CNn2c(C)n[nH]c2=S)cc(Cl)c1OCc1cccs1. The second-order valence-electron chi connectivity index (χ2n) is 5.22. The lowest BCUT2D eigenvalue weighted by Gasteiger charge is -2.15. The summed E-state index contributed by atoms with van der Waals surface area (Å²) in [5, 5.41) is 9.30. The van der Waals surface area contributed by atoms with E-state index in [0.717, 1.165) is 16.3 Å². The first-order valence-corrected chi connectivity index (χ1v) is 9.14. The first kappa shape index (κ1) is 17.8. The third-order valence-electron chi connectivity index (χ3n) is 3.51. The molecule has 0 bridgehead atoms. The molecular formula is C16H17ClN4O2S2. The van der Waals surface area contributed by atoms with Gasteiger partial charge in [0.2, 0.25) is 4.77 Å². The summed E-state index contributed by atoms with van der Waals surface area (Å²) in [4.78, 5) is 1.12. The van der Waals surface area contributed by atoms with Gasteiger partial charge in [0, 0.05) is 4.88 Å². The molecule has 0 aliphatic heterocycles. The maximum absolute atomic E-state index is 6.40. The second kappa shape index (κ2) is 7.90. The van der Waals surface area contributed by atoms with Crippen LogP contribution in [0, 0.1) is 11.7 Å². The number of rotatable bonds is 7. The van der Waals surface area contributed by atoms with Gasteiger partial charge in [-0.05, 0) is 48.3 Å². The Labute approximate surface area is 159 Å². The maximum Gasteiger partial charge on any atom is 0.214 e. The number of methoxy groups -OCH3 is 1. The van der Waals surface area contributed by atoms with Gasteiger partial charge in [-0.25, -0.2) is 4.68 Å². The van der Waals surface area contributed by atoms with Crippen LogP contribution in [0.25, 0.3) is 0 Å². The molecule has 0 amide bonds. The number of hydrogen-bond donors (Lipinski definition) is 2. The van der Waals surface area contributed by atoms with Crippen molar-refractivity contribution in [1.29, 1.82) is 0 Å². The molecule has 132 valence electrons. The zero-order chi connectivity index (χ0) is 17.8. The van der Waals surface area contributed by atoms with Gasteiger partial charge in [-0.2, -0.15) is 5.10 Å². The van der Waals surface area contributed by atoms with Crippen molar-refractivity contribution in [2.45, 2.75) is 20.1 Å². The molecule has 3 rings (SSSR count). The first-order valence-electron chi connectivity index (χ1n) is 7.48. The Hall–Kier alpha value is -2.03. The second-order valence-corrected chi connectivity index (χ2v) is 7.05. The Bertz CT molecular complexity index is 905. The van der Waals surface area contributed by atoms with E-state index in [1.54, 1.807) is 23.1 Å². The molecular weight excluding hydrogens is 380 g/mol. The quantitative estimate of drug-likeness (QED) is 0.583. The molecule has 0 aliphatic rings. The lowest BCUT2D eigenvalue weighted by molar-refractivity contribution is 0.287. The third kappa shape index (κ3) is 4.15. The molecule has 0 saturated heterocycles. The normalized spacial score (nSPS) is 10.7. The van der Waals surface area contributed by atoms with Crippen LogP contribution < -0.4 is 14.9 Å². The number of benzene rings is 1. The van der Waals surface area contributed by atoms with E-state index in [9.17, 15) is 0 Å². The molecule has 2 heterocycles. The highest BCUT2D eigenvalue weighted by atomic mass is 35.5. The topological polar surface area (TPSA) is 64.1 Å². The summed E-state index contributed by atoms with van der Waals surface area (Å²) in [5.74, 6) is 1.88. The van der Waals surface area contributed by atoms with Gasteiger partial charge in [0.25, 0.3) is 0 Å². The number of H-pyrrole nitrogens is 1. The molecule has 0 atom stereocenters. The lowest BCUT2D eigenvalue weighted by atomic mass is 10.2. The van der Waals surface area contributed by atoms with Crippen LogP contribution in [0.4, 0.5) is 0 Å². The smallest absolute Gasteiger partial charge is 0.214 e. The summed E-state index contributed by atoms with van der Waals surface area (Å²) in [5.41, 5.74) is 4.13. The molecule has 2 N–H and O–H groups in total. The van der Waals surface area contributed by atoms with Crippen LogP contribution in [-0.4, -0.2) is 22.0 Å². The first-order chi connectivity index (χ1) is 12.1.